The molecule has 122 valence electrons. The average molecular weight is 313 g/mol. The van der Waals surface area contributed by atoms with Gasteiger partial charge in [0.05, 0.1) is 5.92 Å². The van der Waals surface area contributed by atoms with Gasteiger partial charge in [0.2, 0.25) is 11.8 Å². The molecule has 3 aliphatic heterocycles. The molecule has 2 amide bonds. The highest BCUT2D eigenvalue weighted by molar-refractivity contribution is 6.09. The summed E-state index contributed by atoms with van der Waals surface area (Å²) in [4.78, 5) is 28.2. The van der Waals surface area contributed by atoms with E-state index < -0.39 is 5.54 Å². The standard InChI is InChI=1S/C18H23N3O2/c1-11(2)19-16(22)14-10-12-6-5-9-21(12)18(14)13-7-3-4-8-15(13)20-17(18)23/h3-4,7-8,11-12,14H,5-6,9-10H2,1-2H3,(H,19,22)(H,20,23). The van der Waals surface area contributed by atoms with Crippen molar-refractivity contribution in [3.63, 3.8) is 0 Å². The van der Waals surface area contributed by atoms with Crippen molar-refractivity contribution in [2.75, 3.05) is 11.9 Å². The molecule has 0 aliphatic carbocycles. The Morgan fingerprint density at radius 1 is 1.39 bits per heavy atom. The van der Waals surface area contributed by atoms with Crippen LogP contribution in [0.15, 0.2) is 24.3 Å². The summed E-state index contributed by atoms with van der Waals surface area (Å²) in [5, 5.41) is 6.05. The van der Waals surface area contributed by atoms with E-state index in [1.54, 1.807) is 0 Å². The fraction of sp³-hybridized carbons (Fsp3) is 0.556. The highest BCUT2D eigenvalue weighted by Gasteiger charge is 2.65. The second-order valence-electron chi connectivity index (χ2n) is 7.21. The summed E-state index contributed by atoms with van der Waals surface area (Å²) in [6, 6.07) is 8.23. The average Bonchev–Trinajstić information content (AvgIpc) is 3.13. The number of hydrogen-bond acceptors (Lipinski definition) is 3. The Morgan fingerprint density at radius 3 is 2.96 bits per heavy atom. The molecule has 0 bridgehead atoms. The van der Waals surface area contributed by atoms with Gasteiger partial charge in [-0.2, -0.15) is 0 Å². The zero-order valence-electron chi connectivity index (χ0n) is 13.6. The maximum Gasteiger partial charge on any atom is 0.250 e. The molecule has 1 aromatic rings. The summed E-state index contributed by atoms with van der Waals surface area (Å²) >= 11 is 0. The van der Waals surface area contributed by atoms with Gasteiger partial charge in [-0.15, -0.1) is 0 Å². The van der Waals surface area contributed by atoms with Gasteiger partial charge in [-0.1, -0.05) is 18.2 Å². The van der Waals surface area contributed by atoms with E-state index in [1.165, 1.54) is 0 Å². The van der Waals surface area contributed by atoms with Crippen LogP contribution in [0.3, 0.4) is 0 Å². The fourth-order valence-electron chi connectivity index (χ4n) is 4.77. The van der Waals surface area contributed by atoms with E-state index in [0.717, 1.165) is 37.1 Å². The minimum absolute atomic E-state index is 0.00116. The maximum atomic E-state index is 13.1. The Kier molecular flexibility index (Phi) is 3.23. The molecular weight excluding hydrogens is 290 g/mol. The number of rotatable bonds is 2. The molecule has 5 heteroatoms. The van der Waals surface area contributed by atoms with Gasteiger partial charge in [0.15, 0.2) is 0 Å². The van der Waals surface area contributed by atoms with Crippen LogP contribution in [0, 0.1) is 5.92 Å². The van der Waals surface area contributed by atoms with Gasteiger partial charge >= 0.3 is 0 Å². The second kappa shape index (κ2) is 5.06. The first-order valence-corrected chi connectivity index (χ1v) is 8.53. The first-order valence-electron chi connectivity index (χ1n) is 8.53. The number of fused-ring (bicyclic) bond motifs is 4. The molecule has 23 heavy (non-hydrogen) atoms. The van der Waals surface area contributed by atoms with E-state index in [-0.39, 0.29) is 23.8 Å². The van der Waals surface area contributed by atoms with Crippen LogP contribution in [0.5, 0.6) is 0 Å². The normalized spacial score (nSPS) is 32.2. The number of para-hydroxylation sites is 1. The fourth-order valence-corrected chi connectivity index (χ4v) is 4.77. The molecule has 4 rings (SSSR count). The van der Waals surface area contributed by atoms with Gasteiger partial charge < -0.3 is 10.6 Å². The first-order chi connectivity index (χ1) is 11.0. The SMILES string of the molecule is CC(C)NC(=O)C1CC2CCCN2C12C(=O)Nc1ccccc12. The van der Waals surface area contributed by atoms with Crippen LogP contribution in [-0.4, -0.2) is 35.3 Å². The summed E-state index contributed by atoms with van der Waals surface area (Å²) in [5.74, 6) is -0.355. The van der Waals surface area contributed by atoms with Gasteiger partial charge in [0.1, 0.15) is 5.54 Å². The third-order valence-electron chi connectivity index (χ3n) is 5.52. The number of hydrogen-bond donors (Lipinski definition) is 2. The van der Waals surface area contributed by atoms with Crippen LogP contribution >= 0.6 is 0 Å². The smallest absolute Gasteiger partial charge is 0.250 e. The molecule has 3 aliphatic rings. The van der Waals surface area contributed by atoms with Crippen LogP contribution in [0.1, 0.15) is 38.7 Å². The van der Waals surface area contributed by atoms with Gasteiger partial charge in [0, 0.05) is 23.3 Å². The van der Waals surface area contributed by atoms with Gasteiger partial charge in [-0.05, 0) is 45.7 Å². The van der Waals surface area contributed by atoms with Crippen molar-refractivity contribution in [3.8, 4) is 0 Å². The Balaban J connectivity index is 1.84. The van der Waals surface area contributed by atoms with E-state index in [0.29, 0.717) is 6.04 Å². The van der Waals surface area contributed by atoms with Crippen molar-refractivity contribution in [1.29, 1.82) is 0 Å². The van der Waals surface area contributed by atoms with Crippen molar-refractivity contribution in [2.45, 2.75) is 50.7 Å². The number of nitrogens with zero attached hydrogens (tertiary/aromatic N) is 1. The van der Waals surface area contributed by atoms with Gasteiger partial charge in [-0.3, -0.25) is 14.5 Å². The number of carbonyl (C=O) groups excluding carboxylic acids is 2. The summed E-state index contributed by atoms with van der Waals surface area (Å²) < 4.78 is 0. The zero-order chi connectivity index (χ0) is 16.2. The molecule has 0 saturated carbocycles. The Labute approximate surface area is 136 Å². The third kappa shape index (κ3) is 1.89. The predicted octanol–water partition coefficient (Wildman–Crippen LogP) is 1.84. The quantitative estimate of drug-likeness (QED) is 0.876. The maximum absolute atomic E-state index is 13.1. The van der Waals surface area contributed by atoms with Crippen molar-refractivity contribution >= 4 is 17.5 Å². The molecule has 2 N–H and O–H groups in total. The van der Waals surface area contributed by atoms with Crippen molar-refractivity contribution < 1.29 is 9.59 Å². The molecule has 0 aromatic heterocycles. The van der Waals surface area contributed by atoms with E-state index in [4.69, 9.17) is 0 Å². The van der Waals surface area contributed by atoms with Crippen LogP contribution in [-0.2, 0) is 15.1 Å². The van der Waals surface area contributed by atoms with E-state index in [2.05, 4.69) is 15.5 Å². The summed E-state index contributed by atoms with van der Waals surface area (Å²) in [5.41, 5.74) is 1.00. The van der Waals surface area contributed by atoms with Gasteiger partial charge in [0.25, 0.3) is 0 Å². The number of amides is 2. The Morgan fingerprint density at radius 2 is 2.17 bits per heavy atom. The molecule has 1 spiro atoms. The summed E-state index contributed by atoms with van der Waals surface area (Å²) in [6.07, 6.45) is 2.93. The highest BCUT2D eigenvalue weighted by Crippen LogP contribution is 2.55. The first kappa shape index (κ1) is 14.7. The van der Waals surface area contributed by atoms with E-state index in [1.807, 2.05) is 38.1 Å². The topological polar surface area (TPSA) is 61.4 Å². The number of carbonyl (C=O) groups is 2. The second-order valence-corrected chi connectivity index (χ2v) is 7.21. The minimum atomic E-state index is -0.823. The lowest BCUT2D eigenvalue weighted by atomic mass is 9.78. The summed E-state index contributed by atoms with van der Waals surface area (Å²) in [6.45, 7) is 4.81. The minimum Gasteiger partial charge on any atom is -0.354 e. The van der Waals surface area contributed by atoms with Crippen molar-refractivity contribution in [2.24, 2.45) is 5.92 Å². The number of anilines is 1. The van der Waals surface area contributed by atoms with Crippen molar-refractivity contribution in [1.82, 2.24) is 10.2 Å². The zero-order valence-corrected chi connectivity index (χ0v) is 13.6. The molecule has 5 nitrogen and oxygen atoms in total. The lowest BCUT2D eigenvalue weighted by molar-refractivity contribution is -0.137. The molecule has 2 fully saturated rings. The predicted molar refractivity (Wildman–Crippen MR) is 87.9 cm³/mol. The molecule has 1 aromatic carbocycles. The lowest BCUT2D eigenvalue weighted by Gasteiger charge is -2.36. The molecule has 0 radical (unpaired) electrons. The van der Waals surface area contributed by atoms with Crippen LogP contribution < -0.4 is 10.6 Å². The Hall–Kier alpha value is -1.88. The highest BCUT2D eigenvalue weighted by atomic mass is 16.2. The van der Waals surface area contributed by atoms with Gasteiger partial charge in [-0.25, -0.2) is 0 Å². The van der Waals surface area contributed by atoms with Crippen LogP contribution in [0.2, 0.25) is 0 Å². The molecule has 3 unspecified atom stereocenters. The van der Waals surface area contributed by atoms with E-state index in [9.17, 15) is 9.59 Å². The third-order valence-corrected chi connectivity index (χ3v) is 5.52. The summed E-state index contributed by atoms with van der Waals surface area (Å²) in [7, 11) is 0. The van der Waals surface area contributed by atoms with Crippen molar-refractivity contribution in [3.05, 3.63) is 29.8 Å². The molecule has 2 saturated heterocycles. The number of nitrogens with one attached hydrogen (secondary N) is 2. The number of benzene rings is 1. The monoisotopic (exact) mass is 313 g/mol. The molecule has 3 heterocycles. The molecule has 3 atom stereocenters. The molecular formula is C18H23N3O2. The largest absolute Gasteiger partial charge is 0.354 e. The van der Waals surface area contributed by atoms with Crippen LogP contribution in [0.25, 0.3) is 0 Å². The van der Waals surface area contributed by atoms with E-state index >= 15 is 0 Å². The lowest BCUT2D eigenvalue weighted by Crippen LogP contribution is -2.54. The van der Waals surface area contributed by atoms with Crippen LogP contribution in [0.4, 0.5) is 5.69 Å². The Bertz CT molecular complexity index is 672.